The molecular weight excluding hydrogens is 256 g/mol. The van der Waals surface area contributed by atoms with Crippen LogP contribution in [-0.4, -0.2) is 41.7 Å². The van der Waals surface area contributed by atoms with Crippen LogP contribution in [0, 0.1) is 5.92 Å². The van der Waals surface area contributed by atoms with Gasteiger partial charge in [-0.3, -0.25) is 4.79 Å². The van der Waals surface area contributed by atoms with Crippen LogP contribution in [0.25, 0.3) is 0 Å². The summed E-state index contributed by atoms with van der Waals surface area (Å²) in [5.41, 5.74) is 0. The molecule has 0 spiro atoms. The van der Waals surface area contributed by atoms with Crippen LogP contribution >= 0.6 is 0 Å². The van der Waals surface area contributed by atoms with Gasteiger partial charge in [-0.05, 0) is 24.8 Å². The molecule has 20 heavy (non-hydrogen) atoms. The van der Waals surface area contributed by atoms with E-state index in [-0.39, 0.29) is 6.42 Å². The highest BCUT2D eigenvalue weighted by molar-refractivity contribution is 5.66. The molecule has 1 aromatic heterocycles. The van der Waals surface area contributed by atoms with Gasteiger partial charge >= 0.3 is 5.97 Å². The summed E-state index contributed by atoms with van der Waals surface area (Å²) in [5.74, 6) is 1.20. The van der Waals surface area contributed by atoms with Gasteiger partial charge in [0.25, 0.3) is 0 Å². The Kier molecular flexibility index (Phi) is 6.76. The standard InChI is InChI=1S/C14H24N4O2/c1-4-11(5-6-13(19)20)7-9-15-12-8-10-16-14(17-12)18(2)3/h8,10-11H,4-7,9H2,1-3H3,(H,19,20)(H,15,16,17). The Labute approximate surface area is 120 Å². The number of nitrogens with one attached hydrogen (secondary N) is 1. The zero-order valence-electron chi connectivity index (χ0n) is 12.5. The molecule has 1 heterocycles. The van der Waals surface area contributed by atoms with E-state index in [1.807, 2.05) is 25.1 Å². The molecule has 0 amide bonds. The fraction of sp³-hybridized carbons (Fsp3) is 0.643. The van der Waals surface area contributed by atoms with Crippen molar-refractivity contribution in [3.05, 3.63) is 12.3 Å². The van der Waals surface area contributed by atoms with E-state index in [2.05, 4.69) is 22.2 Å². The minimum absolute atomic E-state index is 0.247. The second kappa shape index (κ2) is 8.35. The quantitative estimate of drug-likeness (QED) is 0.722. The Bertz CT molecular complexity index is 423. The van der Waals surface area contributed by atoms with Gasteiger partial charge in [-0.1, -0.05) is 13.3 Å². The Balaban J connectivity index is 2.38. The first-order valence-corrected chi connectivity index (χ1v) is 6.99. The lowest BCUT2D eigenvalue weighted by Crippen LogP contribution is -2.15. The van der Waals surface area contributed by atoms with Crippen LogP contribution in [0.3, 0.4) is 0 Å². The van der Waals surface area contributed by atoms with Crippen LogP contribution in [0.15, 0.2) is 12.3 Å². The number of anilines is 2. The van der Waals surface area contributed by atoms with Crippen LogP contribution in [-0.2, 0) is 4.79 Å². The molecule has 0 aliphatic carbocycles. The number of rotatable bonds is 9. The number of aromatic nitrogens is 2. The molecule has 1 aromatic rings. The summed E-state index contributed by atoms with van der Waals surface area (Å²) in [6, 6.07) is 1.84. The van der Waals surface area contributed by atoms with Gasteiger partial charge in [-0.15, -0.1) is 0 Å². The second-order valence-electron chi connectivity index (χ2n) is 5.06. The van der Waals surface area contributed by atoms with E-state index < -0.39 is 5.97 Å². The summed E-state index contributed by atoms with van der Waals surface area (Å²) in [6.07, 6.45) is 4.66. The van der Waals surface area contributed by atoms with Crippen LogP contribution in [0.2, 0.25) is 0 Å². The number of carboxylic acid groups (broad SMARTS) is 1. The molecule has 6 nitrogen and oxygen atoms in total. The van der Waals surface area contributed by atoms with Gasteiger partial charge in [0, 0.05) is 33.3 Å². The predicted octanol–water partition coefficient (Wildman–Crippen LogP) is 2.24. The summed E-state index contributed by atoms with van der Waals surface area (Å²) in [5, 5.41) is 12.0. The first-order chi connectivity index (χ1) is 9.52. The fourth-order valence-corrected chi connectivity index (χ4v) is 1.95. The van der Waals surface area contributed by atoms with E-state index in [4.69, 9.17) is 5.11 Å². The van der Waals surface area contributed by atoms with Crippen LogP contribution < -0.4 is 10.2 Å². The molecule has 1 unspecified atom stereocenters. The maximum absolute atomic E-state index is 10.6. The highest BCUT2D eigenvalue weighted by Crippen LogP contribution is 2.16. The third-order valence-electron chi connectivity index (χ3n) is 3.25. The fourth-order valence-electron chi connectivity index (χ4n) is 1.95. The minimum Gasteiger partial charge on any atom is -0.481 e. The van der Waals surface area contributed by atoms with Gasteiger partial charge in [0.1, 0.15) is 5.82 Å². The van der Waals surface area contributed by atoms with Gasteiger partial charge in [0.2, 0.25) is 5.95 Å². The molecule has 6 heteroatoms. The van der Waals surface area contributed by atoms with Crippen LogP contribution in [0.4, 0.5) is 11.8 Å². The first-order valence-electron chi connectivity index (χ1n) is 6.99. The zero-order chi connectivity index (χ0) is 15.0. The zero-order valence-corrected chi connectivity index (χ0v) is 12.5. The van der Waals surface area contributed by atoms with E-state index in [1.165, 1.54) is 0 Å². The molecule has 0 aliphatic rings. The minimum atomic E-state index is -0.720. The van der Waals surface area contributed by atoms with E-state index in [1.54, 1.807) is 6.20 Å². The van der Waals surface area contributed by atoms with Gasteiger partial charge in [-0.2, -0.15) is 4.98 Å². The number of hydrogen-bond donors (Lipinski definition) is 2. The van der Waals surface area contributed by atoms with Crippen molar-refractivity contribution in [2.45, 2.75) is 32.6 Å². The second-order valence-corrected chi connectivity index (χ2v) is 5.06. The van der Waals surface area contributed by atoms with Crippen molar-refractivity contribution in [1.82, 2.24) is 9.97 Å². The van der Waals surface area contributed by atoms with E-state index >= 15 is 0 Å². The molecule has 112 valence electrons. The van der Waals surface area contributed by atoms with Crippen molar-refractivity contribution in [3.8, 4) is 0 Å². The smallest absolute Gasteiger partial charge is 0.303 e. The Morgan fingerprint density at radius 1 is 1.45 bits per heavy atom. The maximum Gasteiger partial charge on any atom is 0.303 e. The summed E-state index contributed by atoms with van der Waals surface area (Å²) in [4.78, 5) is 21.0. The van der Waals surface area contributed by atoms with Gasteiger partial charge < -0.3 is 15.3 Å². The molecule has 0 saturated heterocycles. The third-order valence-corrected chi connectivity index (χ3v) is 3.25. The van der Waals surface area contributed by atoms with Crippen molar-refractivity contribution in [2.75, 3.05) is 30.9 Å². The normalized spacial score (nSPS) is 11.9. The largest absolute Gasteiger partial charge is 0.481 e. The van der Waals surface area contributed by atoms with Gasteiger partial charge in [0.15, 0.2) is 0 Å². The Morgan fingerprint density at radius 3 is 2.80 bits per heavy atom. The molecule has 0 radical (unpaired) electrons. The molecule has 1 atom stereocenters. The first kappa shape index (κ1) is 16.2. The molecule has 0 aliphatic heterocycles. The average molecular weight is 280 g/mol. The van der Waals surface area contributed by atoms with Crippen LogP contribution in [0.5, 0.6) is 0 Å². The number of carboxylic acids is 1. The Hall–Kier alpha value is -1.85. The highest BCUT2D eigenvalue weighted by atomic mass is 16.4. The van der Waals surface area contributed by atoms with Crippen molar-refractivity contribution >= 4 is 17.7 Å². The van der Waals surface area contributed by atoms with Crippen molar-refractivity contribution < 1.29 is 9.90 Å². The summed E-state index contributed by atoms with van der Waals surface area (Å²) in [6.45, 7) is 2.89. The molecule has 0 saturated carbocycles. The summed E-state index contributed by atoms with van der Waals surface area (Å²) >= 11 is 0. The summed E-state index contributed by atoms with van der Waals surface area (Å²) in [7, 11) is 3.80. The molecule has 0 bridgehead atoms. The topological polar surface area (TPSA) is 78.4 Å². The monoisotopic (exact) mass is 280 g/mol. The van der Waals surface area contributed by atoms with E-state index in [0.717, 1.165) is 31.6 Å². The lowest BCUT2D eigenvalue weighted by Gasteiger charge is -2.15. The van der Waals surface area contributed by atoms with E-state index in [9.17, 15) is 4.79 Å². The highest BCUT2D eigenvalue weighted by Gasteiger charge is 2.09. The van der Waals surface area contributed by atoms with Crippen molar-refractivity contribution in [2.24, 2.45) is 5.92 Å². The molecule has 0 aromatic carbocycles. The predicted molar refractivity (Wildman–Crippen MR) is 80.1 cm³/mol. The maximum atomic E-state index is 10.6. The van der Waals surface area contributed by atoms with Crippen molar-refractivity contribution in [1.29, 1.82) is 0 Å². The lowest BCUT2D eigenvalue weighted by atomic mass is 9.97. The number of carbonyl (C=O) groups is 1. The number of hydrogen-bond acceptors (Lipinski definition) is 5. The average Bonchev–Trinajstić information content (AvgIpc) is 2.42. The van der Waals surface area contributed by atoms with Gasteiger partial charge in [0.05, 0.1) is 0 Å². The molecule has 0 fully saturated rings. The SMILES string of the molecule is CCC(CCNc1ccnc(N(C)C)n1)CCC(=O)O. The van der Waals surface area contributed by atoms with Gasteiger partial charge in [-0.25, -0.2) is 4.98 Å². The molecule has 2 N–H and O–H groups in total. The number of aliphatic carboxylic acids is 1. The summed E-state index contributed by atoms with van der Waals surface area (Å²) < 4.78 is 0. The van der Waals surface area contributed by atoms with Crippen molar-refractivity contribution in [3.63, 3.8) is 0 Å². The van der Waals surface area contributed by atoms with Crippen LogP contribution in [0.1, 0.15) is 32.6 Å². The molecule has 1 rings (SSSR count). The lowest BCUT2D eigenvalue weighted by molar-refractivity contribution is -0.137. The van der Waals surface area contributed by atoms with E-state index in [0.29, 0.717) is 11.9 Å². The number of nitrogens with zero attached hydrogens (tertiary/aromatic N) is 3. The third kappa shape index (κ3) is 5.86. The Morgan fingerprint density at radius 2 is 2.20 bits per heavy atom. The molecular formula is C14H24N4O2.